The summed E-state index contributed by atoms with van der Waals surface area (Å²) in [5, 5.41) is 3.38. The normalized spacial score (nSPS) is 9.50. The molecule has 0 unspecified atom stereocenters. The van der Waals surface area contributed by atoms with Gasteiger partial charge in [-0.2, -0.15) is 0 Å². The Morgan fingerprint density at radius 3 is 2.67 bits per heavy atom. The summed E-state index contributed by atoms with van der Waals surface area (Å²) < 4.78 is 0. The standard InChI is InChI=1S/C9H15NS.ClH/c1-3-6-10-7-9-5-4-8(2)11-9;/h4-5,10H,3,6-7H2,1-2H3;1H. The summed E-state index contributed by atoms with van der Waals surface area (Å²) in [4.78, 5) is 2.84. The molecule has 0 radical (unpaired) electrons. The molecule has 0 aromatic carbocycles. The third-order valence-electron chi connectivity index (χ3n) is 1.52. The first kappa shape index (κ1) is 11.9. The van der Waals surface area contributed by atoms with E-state index >= 15 is 0 Å². The zero-order valence-corrected chi connectivity index (χ0v) is 9.23. The van der Waals surface area contributed by atoms with Crippen molar-refractivity contribution in [3.05, 3.63) is 21.9 Å². The van der Waals surface area contributed by atoms with Gasteiger partial charge in [-0.3, -0.25) is 0 Å². The van der Waals surface area contributed by atoms with Gasteiger partial charge in [0.1, 0.15) is 0 Å². The molecule has 0 amide bonds. The van der Waals surface area contributed by atoms with Gasteiger partial charge < -0.3 is 5.32 Å². The lowest BCUT2D eigenvalue weighted by Gasteiger charge is -1.98. The molecule has 0 spiro atoms. The van der Waals surface area contributed by atoms with Gasteiger partial charge in [0, 0.05) is 16.3 Å². The molecule has 1 aromatic heterocycles. The van der Waals surface area contributed by atoms with Crippen molar-refractivity contribution in [3.63, 3.8) is 0 Å². The van der Waals surface area contributed by atoms with E-state index in [0.717, 1.165) is 13.1 Å². The summed E-state index contributed by atoms with van der Waals surface area (Å²) in [5.74, 6) is 0. The van der Waals surface area contributed by atoms with E-state index in [1.165, 1.54) is 16.2 Å². The van der Waals surface area contributed by atoms with Crippen molar-refractivity contribution >= 4 is 23.7 Å². The Kier molecular flexibility index (Phi) is 6.44. The lowest BCUT2D eigenvalue weighted by molar-refractivity contribution is 0.681. The quantitative estimate of drug-likeness (QED) is 0.746. The summed E-state index contributed by atoms with van der Waals surface area (Å²) in [5.41, 5.74) is 0. The molecule has 12 heavy (non-hydrogen) atoms. The van der Waals surface area contributed by atoms with Crippen molar-refractivity contribution in [2.45, 2.75) is 26.8 Å². The van der Waals surface area contributed by atoms with Crippen molar-refractivity contribution < 1.29 is 0 Å². The van der Waals surface area contributed by atoms with Crippen LogP contribution in [0, 0.1) is 6.92 Å². The summed E-state index contributed by atoms with van der Waals surface area (Å²) >= 11 is 1.88. The number of rotatable bonds is 4. The number of hydrogen-bond donors (Lipinski definition) is 1. The highest BCUT2D eigenvalue weighted by atomic mass is 35.5. The van der Waals surface area contributed by atoms with Gasteiger partial charge in [-0.05, 0) is 32.0 Å². The molecule has 0 aliphatic rings. The van der Waals surface area contributed by atoms with Crippen molar-refractivity contribution in [3.8, 4) is 0 Å². The van der Waals surface area contributed by atoms with Crippen LogP contribution in [-0.4, -0.2) is 6.54 Å². The molecule has 3 heteroatoms. The Morgan fingerprint density at radius 1 is 1.42 bits per heavy atom. The minimum absolute atomic E-state index is 0. The molecular formula is C9H16ClNS. The lowest BCUT2D eigenvalue weighted by Crippen LogP contribution is -2.12. The lowest BCUT2D eigenvalue weighted by atomic mass is 10.4. The second-order valence-electron chi connectivity index (χ2n) is 2.69. The molecule has 0 saturated heterocycles. The van der Waals surface area contributed by atoms with Gasteiger partial charge in [0.2, 0.25) is 0 Å². The van der Waals surface area contributed by atoms with Crippen LogP contribution < -0.4 is 5.32 Å². The molecule has 1 nitrogen and oxygen atoms in total. The first-order valence-corrected chi connectivity index (χ1v) is 4.90. The number of halogens is 1. The summed E-state index contributed by atoms with van der Waals surface area (Å²) in [6.45, 7) is 6.49. The second-order valence-corrected chi connectivity index (χ2v) is 4.06. The van der Waals surface area contributed by atoms with Crippen LogP contribution in [0.1, 0.15) is 23.1 Å². The highest BCUT2D eigenvalue weighted by molar-refractivity contribution is 7.11. The molecule has 1 heterocycles. The van der Waals surface area contributed by atoms with E-state index < -0.39 is 0 Å². The highest BCUT2D eigenvalue weighted by Crippen LogP contribution is 2.14. The van der Waals surface area contributed by atoms with Gasteiger partial charge in [0.25, 0.3) is 0 Å². The summed E-state index contributed by atoms with van der Waals surface area (Å²) in [6.07, 6.45) is 1.21. The molecular weight excluding hydrogens is 190 g/mol. The van der Waals surface area contributed by atoms with E-state index in [4.69, 9.17) is 0 Å². The molecule has 0 aliphatic heterocycles. The SMILES string of the molecule is CCCNCc1ccc(C)s1.Cl. The number of hydrogen-bond acceptors (Lipinski definition) is 2. The van der Waals surface area contributed by atoms with Gasteiger partial charge in [-0.15, -0.1) is 23.7 Å². The van der Waals surface area contributed by atoms with E-state index in [1.54, 1.807) is 0 Å². The van der Waals surface area contributed by atoms with Crippen LogP contribution >= 0.6 is 23.7 Å². The molecule has 0 bridgehead atoms. The third kappa shape index (κ3) is 4.10. The van der Waals surface area contributed by atoms with Crippen molar-refractivity contribution in [1.82, 2.24) is 5.32 Å². The second kappa shape index (κ2) is 6.46. The first-order chi connectivity index (χ1) is 5.33. The van der Waals surface area contributed by atoms with Crippen LogP contribution in [0.15, 0.2) is 12.1 Å². The molecule has 1 aromatic rings. The fraction of sp³-hybridized carbons (Fsp3) is 0.556. The summed E-state index contributed by atoms with van der Waals surface area (Å²) in [6, 6.07) is 4.37. The zero-order chi connectivity index (χ0) is 8.10. The van der Waals surface area contributed by atoms with Crippen LogP contribution in [0.5, 0.6) is 0 Å². The molecule has 0 aliphatic carbocycles. The molecule has 0 fully saturated rings. The van der Waals surface area contributed by atoms with Crippen LogP contribution in [0.4, 0.5) is 0 Å². The van der Waals surface area contributed by atoms with Crippen molar-refractivity contribution in [1.29, 1.82) is 0 Å². The third-order valence-corrected chi connectivity index (χ3v) is 2.52. The fourth-order valence-electron chi connectivity index (χ4n) is 0.968. The number of nitrogens with one attached hydrogen (secondary N) is 1. The van der Waals surface area contributed by atoms with Gasteiger partial charge in [0.15, 0.2) is 0 Å². The van der Waals surface area contributed by atoms with Crippen molar-refractivity contribution in [2.24, 2.45) is 0 Å². The maximum atomic E-state index is 3.38. The van der Waals surface area contributed by atoms with Gasteiger partial charge in [-0.1, -0.05) is 6.92 Å². The van der Waals surface area contributed by atoms with E-state index in [-0.39, 0.29) is 12.4 Å². The van der Waals surface area contributed by atoms with Crippen molar-refractivity contribution in [2.75, 3.05) is 6.54 Å². The van der Waals surface area contributed by atoms with Gasteiger partial charge >= 0.3 is 0 Å². The van der Waals surface area contributed by atoms with Gasteiger partial charge in [-0.25, -0.2) is 0 Å². The Bertz CT molecular complexity index is 210. The Hall–Kier alpha value is -0.0500. The van der Waals surface area contributed by atoms with Crippen LogP contribution in [0.3, 0.4) is 0 Å². The molecule has 70 valence electrons. The van der Waals surface area contributed by atoms with E-state index in [1.807, 2.05) is 11.3 Å². The fourth-order valence-corrected chi connectivity index (χ4v) is 1.83. The molecule has 0 atom stereocenters. The highest BCUT2D eigenvalue weighted by Gasteiger charge is 1.93. The Balaban J connectivity index is 0.00000121. The first-order valence-electron chi connectivity index (χ1n) is 4.09. The molecule has 1 rings (SSSR count). The number of thiophene rings is 1. The largest absolute Gasteiger partial charge is 0.312 e. The van der Waals surface area contributed by atoms with E-state index in [2.05, 4.69) is 31.3 Å². The van der Waals surface area contributed by atoms with Crippen LogP contribution in [-0.2, 0) is 6.54 Å². The summed E-state index contributed by atoms with van der Waals surface area (Å²) in [7, 11) is 0. The van der Waals surface area contributed by atoms with E-state index in [9.17, 15) is 0 Å². The Labute approximate surface area is 84.6 Å². The minimum Gasteiger partial charge on any atom is -0.312 e. The average Bonchev–Trinajstić information content (AvgIpc) is 2.37. The Morgan fingerprint density at radius 2 is 2.17 bits per heavy atom. The smallest absolute Gasteiger partial charge is 0.0299 e. The molecule has 0 saturated carbocycles. The monoisotopic (exact) mass is 205 g/mol. The van der Waals surface area contributed by atoms with Crippen LogP contribution in [0.2, 0.25) is 0 Å². The maximum absolute atomic E-state index is 3.38. The average molecular weight is 206 g/mol. The maximum Gasteiger partial charge on any atom is 0.0299 e. The van der Waals surface area contributed by atoms with Crippen LogP contribution in [0.25, 0.3) is 0 Å². The minimum atomic E-state index is 0. The topological polar surface area (TPSA) is 12.0 Å². The van der Waals surface area contributed by atoms with E-state index in [0.29, 0.717) is 0 Å². The number of aryl methyl sites for hydroxylation is 1. The molecule has 1 N–H and O–H groups in total. The predicted octanol–water partition coefficient (Wildman–Crippen LogP) is 2.98. The van der Waals surface area contributed by atoms with Gasteiger partial charge in [0.05, 0.1) is 0 Å². The zero-order valence-electron chi connectivity index (χ0n) is 7.59. The predicted molar refractivity (Wildman–Crippen MR) is 58.3 cm³/mol.